The Hall–Kier alpha value is -7.56. The van der Waals surface area contributed by atoms with Crippen molar-refractivity contribution in [3.63, 3.8) is 0 Å². The quantitative estimate of drug-likeness (QED) is 0.123. The zero-order chi connectivity index (χ0) is 38.9. The van der Waals surface area contributed by atoms with Gasteiger partial charge in [-0.25, -0.2) is 0 Å². The molecule has 1 aliphatic carbocycles. The van der Waals surface area contributed by atoms with Crippen molar-refractivity contribution >= 4 is 62.6 Å². The van der Waals surface area contributed by atoms with E-state index in [0.29, 0.717) is 0 Å². The van der Waals surface area contributed by atoms with Crippen LogP contribution in [0, 0.1) is 0 Å². The van der Waals surface area contributed by atoms with Gasteiger partial charge in [-0.2, -0.15) is 0 Å². The van der Waals surface area contributed by atoms with E-state index in [-0.39, 0.29) is 0 Å². The molecule has 0 heterocycles. The minimum absolute atomic E-state index is 1.03. The average molecular weight is 749 g/mol. The molecule has 8 aromatic carbocycles. The number of hydrogen-bond donors (Lipinski definition) is 0. The van der Waals surface area contributed by atoms with Gasteiger partial charge in [0.2, 0.25) is 0 Å². The first-order chi connectivity index (χ1) is 28.8. The third kappa shape index (κ3) is 7.77. The Kier molecular flexibility index (Phi) is 10.6. The van der Waals surface area contributed by atoms with E-state index < -0.39 is 0 Å². The van der Waals surface area contributed by atoms with Gasteiger partial charge in [0.25, 0.3) is 0 Å². The van der Waals surface area contributed by atoms with E-state index in [1.54, 1.807) is 0 Å². The van der Waals surface area contributed by atoms with Crippen molar-refractivity contribution in [1.29, 1.82) is 0 Å². The lowest BCUT2D eigenvalue weighted by atomic mass is 10.1. The Morgan fingerprint density at radius 1 is 0.224 bits per heavy atom. The van der Waals surface area contributed by atoms with Crippen molar-refractivity contribution in [3.8, 4) is 0 Å². The predicted molar refractivity (Wildman–Crippen MR) is 246 cm³/mol. The van der Waals surface area contributed by atoms with Gasteiger partial charge in [0.15, 0.2) is 0 Å². The minimum atomic E-state index is 1.03. The number of allylic oxidation sites excluding steroid dienone is 3. The molecule has 0 spiro atoms. The molecule has 0 saturated carbocycles. The van der Waals surface area contributed by atoms with E-state index in [2.05, 4.69) is 262 Å². The number of hydrogen-bond acceptors (Lipinski definition) is 4. The molecular weight excluding hydrogens is 705 g/mol. The molecule has 4 heteroatoms. The maximum Gasteiger partial charge on any atom is 0.0463 e. The first-order valence-electron chi connectivity index (χ1n) is 19.9. The summed E-state index contributed by atoms with van der Waals surface area (Å²) in [5.74, 6) is 0. The van der Waals surface area contributed by atoms with Crippen LogP contribution in [-0.2, 0) is 0 Å². The summed E-state index contributed by atoms with van der Waals surface area (Å²) in [6, 6.07) is 79.6. The highest BCUT2D eigenvalue weighted by Crippen LogP contribution is 2.42. The van der Waals surface area contributed by atoms with Gasteiger partial charge in [-0.3, -0.25) is 0 Å². The molecule has 0 N–H and O–H groups in total. The van der Waals surface area contributed by atoms with Crippen molar-refractivity contribution in [2.75, 3.05) is 19.6 Å². The first-order valence-corrected chi connectivity index (χ1v) is 19.9. The maximum absolute atomic E-state index is 2.34. The predicted octanol–water partition coefficient (Wildman–Crippen LogP) is 15.5. The Bertz CT molecular complexity index is 2370. The van der Waals surface area contributed by atoms with Gasteiger partial charge in [-0.15, -0.1) is 0 Å². The monoisotopic (exact) mass is 748 g/mol. The smallest absolute Gasteiger partial charge is 0.0463 e. The molecule has 0 radical (unpaired) electrons. The molecule has 0 amide bonds. The Morgan fingerprint density at radius 2 is 0.448 bits per heavy atom. The van der Waals surface area contributed by atoms with Crippen LogP contribution in [-0.4, -0.2) is 0 Å². The standard InChI is InChI=1S/C54H44N4/c1-7-19-43(20-8-1)55(44-21-9-2-10-22-44)49-31-37-52(38-32-49)58(53-39-33-50(34-40-53)56(45-23-11-3-12-24-45)46-25-13-4-14-26-46)54-41-35-51(36-42-54)57(47-27-15-5-16-28-47)48-29-17-6-18-30-48/h1-5,7-17,19-42H,6,18H2. The van der Waals surface area contributed by atoms with Gasteiger partial charge < -0.3 is 19.6 Å². The molecule has 8 aromatic rings. The summed E-state index contributed by atoms with van der Waals surface area (Å²) in [6.45, 7) is 0. The summed E-state index contributed by atoms with van der Waals surface area (Å²) in [6.07, 6.45) is 8.94. The number of anilines is 11. The van der Waals surface area contributed by atoms with E-state index in [0.717, 1.165) is 75.4 Å². The van der Waals surface area contributed by atoms with Crippen LogP contribution in [0.1, 0.15) is 12.8 Å². The third-order valence-corrected chi connectivity index (χ3v) is 10.4. The van der Waals surface area contributed by atoms with Crippen LogP contribution in [0.4, 0.5) is 62.6 Å². The zero-order valence-electron chi connectivity index (χ0n) is 32.3. The highest BCUT2D eigenvalue weighted by atomic mass is 15.2. The molecule has 0 unspecified atom stereocenters. The van der Waals surface area contributed by atoms with Gasteiger partial charge >= 0.3 is 0 Å². The Morgan fingerprint density at radius 3 is 0.690 bits per heavy atom. The number of nitrogens with zero attached hydrogens (tertiary/aromatic N) is 4. The highest BCUT2D eigenvalue weighted by Gasteiger charge is 2.19. The SMILES string of the molecule is C1=CC(N(c2ccccc2)c2ccc(N(c3ccc(N(c4ccccc4)c4ccccc4)cc3)c3ccc(N(c4ccccc4)c4ccccc4)cc3)cc2)=CCC1. The maximum atomic E-state index is 2.34. The molecule has 58 heavy (non-hydrogen) atoms. The molecule has 1 aliphatic rings. The molecule has 9 rings (SSSR count). The van der Waals surface area contributed by atoms with Crippen LogP contribution in [0.5, 0.6) is 0 Å². The molecule has 280 valence electrons. The first kappa shape index (κ1) is 36.1. The summed E-state index contributed by atoms with van der Waals surface area (Å²) < 4.78 is 0. The zero-order valence-corrected chi connectivity index (χ0v) is 32.3. The van der Waals surface area contributed by atoms with Crippen molar-refractivity contribution in [2.45, 2.75) is 12.8 Å². The van der Waals surface area contributed by atoms with Crippen molar-refractivity contribution in [2.24, 2.45) is 0 Å². The number of benzene rings is 8. The summed E-state index contributed by atoms with van der Waals surface area (Å²) >= 11 is 0. The lowest BCUT2D eigenvalue weighted by molar-refractivity contribution is 0.997. The largest absolute Gasteiger partial charge is 0.311 e. The van der Waals surface area contributed by atoms with Gasteiger partial charge in [0.05, 0.1) is 0 Å². The average Bonchev–Trinajstić information content (AvgIpc) is 3.30. The topological polar surface area (TPSA) is 13.0 Å². The molecule has 0 bridgehead atoms. The van der Waals surface area contributed by atoms with E-state index >= 15 is 0 Å². The van der Waals surface area contributed by atoms with E-state index in [4.69, 9.17) is 0 Å². The van der Waals surface area contributed by atoms with Gasteiger partial charge in [-0.1, -0.05) is 103 Å². The van der Waals surface area contributed by atoms with E-state index in [9.17, 15) is 0 Å². The van der Waals surface area contributed by atoms with Crippen molar-refractivity contribution in [3.05, 3.63) is 248 Å². The van der Waals surface area contributed by atoms with E-state index in [1.165, 1.54) is 5.70 Å². The van der Waals surface area contributed by atoms with Crippen LogP contribution < -0.4 is 19.6 Å². The second-order valence-electron chi connectivity index (χ2n) is 14.2. The van der Waals surface area contributed by atoms with Gasteiger partial charge in [-0.05, 0) is 152 Å². The lowest BCUT2D eigenvalue weighted by Crippen LogP contribution is -2.16. The second kappa shape index (κ2) is 17.1. The van der Waals surface area contributed by atoms with Crippen molar-refractivity contribution in [1.82, 2.24) is 0 Å². The van der Waals surface area contributed by atoms with Crippen molar-refractivity contribution < 1.29 is 0 Å². The van der Waals surface area contributed by atoms with Crippen LogP contribution >= 0.6 is 0 Å². The molecule has 4 nitrogen and oxygen atoms in total. The fourth-order valence-corrected chi connectivity index (χ4v) is 7.69. The summed E-state index contributed by atoms with van der Waals surface area (Å²) in [7, 11) is 0. The minimum Gasteiger partial charge on any atom is -0.311 e. The van der Waals surface area contributed by atoms with Crippen LogP contribution in [0.3, 0.4) is 0 Å². The highest BCUT2D eigenvalue weighted by molar-refractivity contribution is 5.84. The fraction of sp³-hybridized carbons (Fsp3) is 0.0370. The molecule has 0 saturated heterocycles. The number of para-hydroxylation sites is 5. The molecule has 0 fully saturated rings. The third-order valence-electron chi connectivity index (χ3n) is 10.4. The number of rotatable bonds is 12. The van der Waals surface area contributed by atoms with Crippen LogP contribution in [0.25, 0.3) is 0 Å². The second-order valence-corrected chi connectivity index (χ2v) is 14.2. The molecular formula is C54H44N4. The Labute approximate surface area is 342 Å². The summed E-state index contributed by atoms with van der Waals surface area (Å²) in [5, 5.41) is 0. The molecule has 0 aliphatic heterocycles. The normalized spacial score (nSPS) is 12.0. The van der Waals surface area contributed by atoms with E-state index in [1.807, 2.05) is 0 Å². The lowest BCUT2D eigenvalue weighted by Gasteiger charge is -2.30. The van der Waals surface area contributed by atoms with Gasteiger partial charge in [0, 0.05) is 68.3 Å². The Balaban J connectivity index is 1.12. The van der Waals surface area contributed by atoms with Crippen LogP contribution in [0.15, 0.2) is 248 Å². The van der Waals surface area contributed by atoms with Gasteiger partial charge in [0.1, 0.15) is 0 Å². The molecule has 0 atom stereocenters. The molecule has 0 aromatic heterocycles. The summed E-state index contributed by atoms with van der Waals surface area (Å²) in [5.41, 5.74) is 13.2. The fourth-order valence-electron chi connectivity index (χ4n) is 7.69. The summed E-state index contributed by atoms with van der Waals surface area (Å²) in [4.78, 5) is 9.28. The van der Waals surface area contributed by atoms with Crippen LogP contribution in [0.2, 0.25) is 0 Å².